The number of nitrogens with one attached hydrogen (secondary N) is 1. The Balaban J connectivity index is 2.00. The lowest BCUT2D eigenvalue weighted by Crippen LogP contribution is -2.10. The lowest BCUT2D eigenvalue weighted by Gasteiger charge is -2.03. The SMILES string of the molecule is Cn1ccnc1CCc1ccc(C(=N)N)cc1. The molecule has 4 nitrogen and oxygen atoms in total. The zero-order valence-electron chi connectivity index (χ0n) is 9.85. The molecule has 0 unspecified atom stereocenters. The first-order valence-corrected chi connectivity index (χ1v) is 5.56. The molecular formula is C13H16N4. The second kappa shape index (κ2) is 4.82. The number of rotatable bonds is 4. The van der Waals surface area contributed by atoms with Crippen molar-refractivity contribution in [3.05, 3.63) is 53.6 Å². The number of imidazole rings is 1. The molecule has 0 amide bonds. The van der Waals surface area contributed by atoms with Gasteiger partial charge in [-0.1, -0.05) is 24.3 Å². The molecule has 3 N–H and O–H groups in total. The maximum atomic E-state index is 7.31. The van der Waals surface area contributed by atoms with Crippen molar-refractivity contribution in [2.24, 2.45) is 12.8 Å². The van der Waals surface area contributed by atoms with Gasteiger partial charge in [0.05, 0.1) is 0 Å². The van der Waals surface area contributed by atoms with Crippen molar-refractivity contribution in [2.75, 3.05) is 0 Å². The summed E-state index contributed by atoms with van der Waals surface area (Å²) in [5.74, 6) is 1.20. The van der Waals surface area contributed by atoms with E-state index in [2.05, 4.69) is 4.98 Å². The van der Waals surface area contributed by atoms with Gasteiger partial charge in [0.2, 0.25) is 0 Å². The van der Waals surface area contributed by atoms with Crippen LogP contribution in [0.3, 0.4) is 0 Å². The van der Waals surface area contributed by atoms with Gasteiger partial charge in [0.25, 0.3) is 0 Å². The summed E-state index contributed by atoms with van der Waals surface area (Å²) in [4.78, 5) is 4.29. The van der Waals surface area contributed by atoms with Gasteiger partial charge in [0, 0.05) is 31.4 Å². The molecule has 1 aromatic heterocycles. The Morgan fingerprint density at radius 1 is 1.29 bits per heavy atom. The highest BCUT2D eigenvalue weighted by atomic mass is 15.0. The van der Waals surface area contributed by atoms with E-state index in [-0.39, 0.29) is 5.84 Å². The normalized spacial score (nSPS) is 10.4. The van der Waals surface area contributed by atoms with Gasteiger partial charge >= 0.3 is 0 Å². The molecular weight excluding hydrogens is 212 g/mol. The molecule has 0 aliphatic heterocycles. The van der Waals surface area contributed by atoms with E-state index < -0.39 is 0 Å². The van der Waals surface area contributed by atoms with Gasteiger partial charge in [-0.05, 0) is 12.0 Å². The van der Waals surface area contributed by atoms with E-state index >= 15 is 0 Å². The quantitative estimate of drug-likeness (QED) is 0.615. The van der Waals surface area contributed by atoms with Gasteiger partial charge in [-0.2, -0.15) is 0 Å². The van der Waals surface area contributed by atoms with E-state index in [0.29, 0.717) is 0 Å². The second-order valence-corrected chi connectivity index (χ2v) is 4.06. The van der Waals surface area contributed by atoms with E-state index in [1.165, 1.54) is 5.56 Å². The van der Waals surface area contributed by atoms with Gasteiger partial charge in [0.15, 0.2) is 0 Å². The molecule has 0 bridgehead atoms. The Bertz CT molecular complexity index is 510. The summed E-state index contributed by atoms with van der Waals surface area (Å²) < 4.78 is 2.03. The third-order valence-electron chi connectivity index (χ3n) is 2.82. The van der Waals surface area contributed by atoms with Crippen LogP contribution in [0.5, 0.6) is 0 Å². The molecule has 1 heterocycles. The van der Waals surface area contributed by atoms with E-state index in [4.69, 9.17) is 11.1 Å². The van der Waals surface area contributed by atoms with Crippen LogP contribution in [0.2, 0.25) is 0 Å². The summed E-state index contributed by atoms with van der Waals surface area (Å²) in [5.41, 5.74) is 7.41. The van der Waals surface area contributed by atoms with Crippen molar-refractivity contribution in [2.45, 2.75) is 12.8 Å². The number of aryl methyl sites for hydroxylation is 3. The van der Waals surface area contributed by atoms with Crippen LogP contribution in [-0.4, -0.2) is 15.4 Å². The highest BCUT2D eigenvalue weighted by Gasteiger charge is 2.01. The van der Waals surface area contributed by atoms with E-state index in [9.17, 15) is 0 Å². The van der Waals surface area contributed by atoms with Crippen LogP contribution in [0.1, 0.15) is 17.0 Å². The minimum absolute atomic E-state index is 0.112. The molecule has 2 aromatic rings. The van der Waals surface area contributed by atoms with Crippen LogP contribution < -0.4 is 5.73 Å². The number of nitrogen functional groups attached to an aromatic ring is 1. The molecule has 0 saturated heterocycles. The Labute approximate surface area is 101 Å². The Hall–Kier alpha value is -2.10. The average molecular weight is 228 g/mol. The zero-order chi connectivity index (χ0) is 12.3. The number of hydrogen-bond donors (Lipinski definition) is 2. The molecule has 0 saturated carbocycles. The first-order chi connectivity index (χ1) is 8.16. The number of nitrogens with two attached hydrogens (primary N) is 1. The van der Waals surface area contributed by atoms with Crippen LogP contribution >= 0.6 is 0 Å². The van der Waals surface area contributed by atoms with Gasteiger partial charge in [-0.3, -0.25) is 5.41 Å². The Kier molecular flexibility index (Phi) is 3.23. The van der Waals surface area contributed by atoms with E-state index in [0.717, 1.165) is 24.2 Å². The van der Waals surface area contributed by atoms with Gasteiger partial charge in [-0.15, -0.1) is 0 Å². The average Bonchev–Trinajstić information content (AvgIpc) is 2.73. The number of aromatic nitrogens is 2. The van der Waals surface area contributed by atoms with Crippen molar-refractivity contribution in [1.29, 1.82) is 5.41 Å². The molecule has 88 valence electrons. The number of hydrogen-bond acceptors (Lipinski definition) is 2. The number of benzene rings is 1. The van der Waals surface area contributed by atoms with Crippen LogP contribution in [0.4, 0.5) is 0 Å². The maximum Gasteiger partial charge on any atom is 0.122 e. The molecule has 1 aromatic carbocycles. The zero-order valence-corrected chi connectivity index (χ0v) is 9.85. The molecule has 0 aliphatic carbocycles. The van der Waals surface area contributed by atoms with Crippen LogP contribution in [0.25, 0.3) is 0 Å². The van der Waals surface area contributed by atoms with Gasteiger partial charge < -0.3 is 10.3 Å². The molecule has 0 spiro atoms. The minimum atomic E-state index is 0.112. The predicted molar refractivity (Wildman–Crippen MR) is 68.1 cm³/mol. The van der Waals surface area contributed by atoms with Crippen molar-refractivity contribution in [3.63, 3.8) is 0 Å². The van der Waals surface area contributed by atoms with E-state index in [1.807, 2.05) is 48.3 Å². The lowest BCUT2D eigenvalue weighted by molar-refractivity contribution is 0.771. The number of nitrogens with zero attached hydrogens (tertiary/aromatic N) is 2. The van der Waals surface area contributed by atoms with E-state index in [1.54, 1.807) is 0 Å². The van der Waals surface area contributed by atoms with Crippen molar-refractivity contribution in [3.8, 4) is 0 Å². The lowest BCUT2D eigenvalue weighted by atomic mass is 10.1. The standard InChI is InChI=1S/C13H16N4/c1-17-9-8-16-12(17)7-4-10-2-5-11(6-3-10)13(14)15/h2-3,5-6,8-9H,4,7H2,1H3,(H3,14,15). The summed E-state index contributed by atoms with van der Waals surface area (Å²) >= 11 is 0. The third kappa shape index (κ3) is 2.72. The summed E-state index contributed by atoms with van der Waals surface area (Å²) in [7, 11) is 2.00. The van der Waals surface area contributed by atoms with Crippen LogP contribution in [-0.2, 0) is 19.9 Å². The topological polar surface area (TPSA) is 67.7 Å². The first kappa shape index (κ1) is 11.4. The van der Waals surface area contributed by atoms with Crippen molar-refractivity contribution < 1.29 is 0 Å². The monoisotopic (exact) mass is 228 g/mol. The first-order valence-electron chi connectivity index (χ1n) is 5.56. The largest absolute Gasteiger partial charge is 0.384 e. The van der Waals surface area contributed by atoms with Crippen molar-refractivity contribution in [1.82, 2.24) is 9.55 Å². The smallest absolute Gasteiger partial charge is 0.122 e. The maximum absolute atomic E-state index is 7.31. The van der Waals surface area contributed by atoms with Gasteiger partial charge in [0.1, 0.15) is 11.7 Å². The molecule has 0 atom stereocenters. The fraction of sp³-hybridized carbons (Fsp3) is 0.231. The summed E-state index contributed by atoms with van der Waals surface area (Å²) in [6.07, 6.45) is 5.63. The molecule has 0 fully saturated rings. The van der Waals surface area contributed by atoms with Crippen molar-refractivity contribution >= 4 is 5.84 Å². The Morgan fingerprint density at radius 3 is 2.53 bits per heavy atom. The highest BCUT2D eigenvalue weighted by molar-refractivity contribution is 5.94. The summed E-state index contributed by atoms with van der Waals surface area (Å²) in [6.45, 7) is 0. The molecule has 0 aliphatic rings. The Morgan fingerprint density at radius 2 is 2.00 bits per heavy atom. The summed E-state index contributed by atoms with van der Waals surface area (Å²) in [5, 5.41) is 7.31. The fourth-order valence-corrected chi connectivity index (χ4v) is 1.74. The molecule has 4 heteroatoms. The molecule has 2 rings (SSSR count). The van der Waals surface area contributed by atoms with Crippen LogP contribution in [0.15, 0.2) is 36.7 Å². The third-order valence-corrected chi connectivity index (χ3v) is 2.82. The fourth-order valence-electron chi connectivity index (χ4n) is 1.74. The second-order valence-electron chi connectivity index (χ2n) is 4.06. The predicted octanol–water partition coefficient (Wildman–Crippen LogP) is 1.49. The number of amidine groups is 1. The molecule has 17 heavy (non-hydrogen) atoms. The van der Waals surface area contributed by atoms with Crippen LogP contribution in [0, 0.1) is 5.41 Å². The summed E-state index contributed by atoms with van der Waals surface area (Å²) in [6, 6.07) is 7.80. The molecule has 0 radical (unpaired) electrons. The van der Waals surface area contributed by atoms with Gasteiger partial charge in [-0.25, -0.2) is 4.98 Å². The minimum Gasteiger partial charge on any atom is -0.384 e. The highest BCUT2D eigenvalue weighted by Crippen LogP contribution is 2.07.